The Kier molecular flexibility index (Phi) is 4.42. The molecule has 5 heteroatoms. The molecule has 3 nitrogen and oxygen atoms in total. The molecule has 0 radical (unpaired) electrons. The lowest BCUT2D eigenvalue weighted by atomic mass is 9.95. The first kappa shape index (κ1) is 14.3. The van der Waals surface area contributed by atoms with Crippen LogP contribution in [0.15, 0.2) is 18.2 Å². The summed E-state index contributed by atoms with van der Waals surface area (Å²) in [6, 6.07) is 3.27. The normalized spacial score (nSPS) is 19.3. The lowest BCUT2D eigenvalue weighted by molar-refractivity contribution is -0.144. The van der Waals surface area contributed by atoms with E-state index in [0.717, 1.165) is 12.8 Å². The molecule has 1 unspecified atom stereocenters. The van der Waals surface area contributed by atoms with Crippen LogP contribution in [0.5, 0.6) is 0 Å². The van der Waals surface area contributed by atoms with Crippen LogP contribution in [0.4, 0.5) is 4.39 Å². The number of rotatable bonds is 3. The van der Waals surface area contributed by atoms with E-state index in [1.165, 1.54) is 18.2 Å². The minimum absolute atomic E-state index is 0.0752. The quantitative estimate of drug-likeness (QED) is 0.926. The summed E-state index contributed by atoms with van der Waals surface area (Å²) in [5.41, 5.74) is 0.0752. The molecule has 1 aliphatic heterocycles. The molecular weight excluding hydrogens is 269 g/mol. The van der Waals surface area contributed by atoms with E-state index in [-0.39, 0.29) is 10.6 Å². The highest BCUT2D eigenvalue weighted by atomic mass is 35.5. The van der Waals surface area contributed by atoms with E-state index in [1.54, 1.807) is 4.90 Å². The van der Waals surface area contributed by atoms with Crippen LogP contribution >= 0.6 is 11.6 Å². The van der Waals surface area contributed by atoms with Crippen molar-refractivity contribution in [2.24, 2.45) is 5.92 Å². The van der Waals surface area contributed by atoms with Gasteiger partial charge in [0.05, 0.1) is 0 Å². The average Bonchev–Trinajstić information content (AvgIpc) is 2.35. The molecule has 1 heterocycles. The molecule has 1 atom stereocenters. The average molecular weight is 286 g/mol. The van der Waals surface area contributed by atoms with Gasteiger partial charge in [-0.25, -0.2) is 4.39 Å². The Labute approximate surface area is 117 Å². The van der Waals surface area contributed by atoms with Crippen LogP contribution in [-0.4, -0.2) is 29.1 Å². The third-order valence-corrected chi connectivity index (χ3v) is 4.02. The number of carboxylic acid groups (broad SMARTS) is 1. The number of likely N-dealkylation sites (tertiary alicyclic amines) is 1. The third-order valence-electron chi connectivity index (χ3n) is 3.69. The number of piperidine rings is 1. The summed E-state index contributed by atoms with van der Waals surface area (Å²) in [7, 11) is 0. The van der Waals surface area contributed by atoms with Gasteiger partial charge in [-0.3, -0.25) is 9.69 Å². The van der Waals surface area contributed by atoms with Crippen molar-refractivity contribution in [3.8, 4) is 0 Å². The van der Waals surface area contributed by atoms with Gasteiger partial charge in [0, 0.05) is 10.6 Å². The van der Waals surface area contributed by atoms with Crippen molar-refractivity contribution >= 4 is 17.6 Å². The van der Waals surface area contributed by atoms with Crippen molar-refractivity contribution in [3.05, 3.63) is 34.6 Å². The van der Waals surface area contributed by atoms with E-state index in [4.69, 9.17) is 11.6 Å². The van der Waals surface area contributed by atoms with Crippen molar-refractivity contribution in [1.29, 1.82) is 0 Å². The molecule has 1 aliphatic rings. The predicted octanol–water partition coefficient (Wildman–Crippen LogP) is 3.34. The first-order valence-electron chi connectivity index (χ1n) is 6.41. The minimum atomic E-state index is -1.05. The fraction of sp³-hybridized carbons (Fsp3) is 0.500. The SMILES string of the molecule is CC1CCN(C(C(=O)O)c2c(F)cccc2Cl)CC1. The molecule has 0 aromatic heterocycles. The molecule has 0 spiro atoms. The highest BCUT2D eigenvalue weighted by molar-refractivity contribution is 6.31. The van der Waals surface area contributed by atoms with E-state index in [9.17, 15) is 14.3 Å². The second-order valence-electron chi connectivity index (χ2n) is 5.09. The number of hydrogen-bond donors (Lipinski definition) is 1. The first-order chi connectivity index (χ1) is 9.00. The van der Waals surface area contributed by atoms with Crippen molar-refractivity contribution < 1.29 is 14.3 Å². The van der Waals surface area contributed by atoms with E-state index >= 15 is 0 Å². The molecule has 1 fully saturated rings. The largest absolute Gasteiger partial charge is 0.480 e. The molecule has 0 amide bonds. The van der Waals surface area contributed by atoms with Gasteiger partial charge in [0.1, 0.15) is 11.9 Å². The Bertz CT molecular complexity index is 452. The van der Waals surface area contributed by atoms with Gasteiger partial charge in [0.25, 0.3) is 0 Å². The second kappa shape index (κ2) is 5.88. The van der Waals surface area contributed by atoms with E-state index < -0.39 is 17.8 Å². The number of benzene rings is 1. The zero-order chi connectivity index (χ0) is 14.0. The Morgan fingerprint density at radius 3 is 2.63 bits per heavy atom. The molecule has 0 bridgehead atoms. The smallest absolute Gasteiger partial charge is 0.325 e. The Balaban J connectivity index is 2.33. The van der Waals surface area contributed by atoms with Gasteiger partial charge >= 0.3 is 5.97 Å². The number of aliphatic carboxylic acids is 1. The number of carbonyl (C=O) groups is 1. The van der Waals surface area contributed by atoms with E-state index in [1.807, 2.05) is 0 Å². The maximum atomic E-state index is 13.9. The minimum Gasteiger partial charge on any atom is -0.480 e. The molecule has 2 rings (SSSR count). The van der Waals surface area contributed by atoms with Crippen molar-refractivity contribution in [2.45, 2.75) is 25.8 Å². The van der Waals surface area contributed by atoms with E-state index in [2.05, 4.69) is 6.92 Å². The van der Waals surface area contributed by atoms with Crippen LogP contribution < -0.4 is 0 Å². The number of carboxylic acids is 1. The van der Waals surface area contributed by atoms with Crippen molar-refractivity contribution in [3.63, 3.8) is 0 Å². The third kappa shape index (κ3) is 3.07. The van der Waals surface area contributed by atoms with Crippen molar-refractivity contribution in [2.75, 3.05) is 13.1 Å². The fourth-order valence-corrected chi connectivity index (χ4v) is 2.79. The molecule has 1 aromatic rings. The zero-order valence-electron chi connectivity index (χ0n) is 10.8. The van der Waals surface area contributed by atoms with Gasteiger partial charge in [-0.2, -0.15) is 0 Å². The fourth-order valence-electron chi connectivity index (χ4n) is 2.52. The van der Waals surface area contributed by atoms with Gasteiger partial charge in [-0.05, 0) is 44.0 Å². The zero-order valence-corrected chi connectivity index (χ0v) is 11.5. The first-order valence-corrected chi connectivity index (χ1v) is 6.79. The van der Waals surface area contributed by atoms with Gasteiger partial charge < -0.3 is 5.11 Å². The van der Waals surface area contributed by atoms with Crippen LogP contribution in [-0.2, 0) is 4.79 Å². The summed E-state index contributed by atoms with van der Waals surface area (Å²) in [4.78, 5) is 13.3. The van der Waals surface area contributed by atoms with E-state index in [0.29, 0.717) is 19.0 Å². The molecule has 0 aliphatic carbocycles. The topological polar surface area (TPSA) is 40.5 Å². The lowest BCUT2D eigenvalue weighted by Crippen LogP contribution is -2.40. The summed E-state index contributed by atoms with van der Waals surface area (Å²) in [5.74, 6) is -1.03. The molecule has 1 saturated heterocycles. The maximum Gasteiger partial charge on any atom is 0.325 e. The van der Waals surface area contributed by atoms with Gasteiger partial charge in [0.2, 0.25) is 0 Å². The molecular formula is C14H17ClFNO2. The summed E-state index contributed by atoms with van der Waals surface area (Å²) in [5, 5.41) is 9.60. The summed E-state index contributed by atoms with van der Waals surface area (Å²) in [6.07, 6.45) is 1.85. The molecule has 19 heavy (non-hydrogen) atoms. The highest BCUT2D eigenvalue weighted by Crippen LogP contribution is 2.32. The summed E-state index contributed by atoms with van der Waals surface area (Å²) in [6.45, 7) is 3.45. The van der Waals surface area contributed by atoms with Crippen LogP contribution in [0.1, 0.15) is 31.4 Å². The second-order valence-corrected chi connectivity index (χ2v) is 5.50. The van der Waals surface area contributed by atoms with Gasteiger partial charge in [0.15, 0.2) is 0 Å². The molecule has 0 saturated carbocycles. The number of nitrogens with zero attached hydrogens (tertiary/aromatic N) is 1. The van der Waals surface area contributed by atoms with Gasteiger partial charge in [-0.15, -0.1) is 0 Å². The summed E-state index contributed by atoms with van der Waals surface area (Å²) >= 11 is 5.99. The summed E-state index contributed by atoms with van der Waals surface area (Å²) < 4.78 is 13.9. The Morgan fingerprint density at radius 2 is 2.11 bits per heavy atom. The lowest BCUT2D eigenvalue weighted by Gasteiger charge is -2.35. The molecule has 1 N–H and O–H groups in total. The maximum absolute atomic E-state index is 13.9. The highest BCUT2D eigenvalue weighted by Gasteiger charge is 2.33. The Morgan fingerprint density at radius 1 is 1.47 bits per heavy atom. The van der Waals surface area contributed by atoms with Crippen LogP contribution in [0.2, 0.25) is 5.02 Å². The van der Waals surface area contributed by atoms with Crippen molar-refractivity contribution in [1.82, 2.24) is 4.90 Å². The van der Waals surface area contributed by atoms with Crippen LogP contribution in [0.25, 0.3) is 0 Å². The molecule has 1 aromatic carbocycles. The van der Waals surface area contributed by atoms with Crippen LogP contribution in [0, 0.1) is 11.7 Å². The number of halogens is 2. The predicted molar refractivity (Wildman–Crippen MR) is 71.8 cm³/mol. The molecule has 104 valence electrons. The Hall–Kier alpha value is -1.13. The standard InChI is InChI=1S/C14H17ClFNO2/c1-9-5-7-17(8-6-9)13(14(18)19)12-10(15)3-2-4-11(12)16/h2-4,9,13H,5-8H2,1H3,(H,18,19). The van der Waals surface area contributed by atoms with Gasteiger partial charge in [-0.1, -0.05) is 24.6 Å². The monoisotopic (exact) mass is 285 g/mol. The van der Waals surface area contributed by atoms with Crippen LogP contribution in [0.3, 0.4) is 0 Å². The number of hydrogen-bond acceptors (Lipinski definition) is 2.